The molecule has 2 amide bonds. The fraction of sp³-hybridized carbons (Fsp3) is 0.235. The Hall–Kier alpha value is -2.47. The molecule has 0 bridgehead atoms. The summed E-state index contributed by atoms with van der Waals surface area (Å²) in [5, 5.41) is 5.70. The molecule has 1 aromatic heterocycles. The van der Waals surface area contributed by atoms with Crippen LogP contribution in [0.15, 0.2) is 42.6 Å². The monoisotopic (exact) mass is 329 g/mol. The van der Waals surface area contributed by atoms with Gasteiger partial charge in [0, 0.05) is 18.3 Å². The molecule has 0 spiro atoms. The molecule has 0 saturated carbocycles. The lowest BCUT2D eigenvalue weighted by atomic mass is 10.1. The van der Waals surface area contributed by atoms with Crippen LogP contribution in [-0.2, 0) is 4.79 Å². The van der Waals surface area contributed by atoms with Gasteiger partial charge in [0.1, 0.15) is 4.64 Å². The minimum atomic E-state index is -0.220. The average molecular weight is 329 g/mol. The Morgan fingerprint density at radius 2 is 1.91 bits per heavy atom. The second-order valence-electron chi connectivity index (χ2n) is 5.13. The van der Waals surface area contributed by atoms with Gasteiger partial charge in [0.25, 0.3) is 5.91 Å². The molecule has 3 N–H and O–H groups in total. The van der Waals surface area contributed by atoms with E-state index in [-0.39, 0.29) is 17.9 Å². The van der Waals surface area contributed by atoms with Crippen molar-refractivity contribution in [2.24, 2.45) is 0 Å². The number of rotatable bonds is 5. The fourth-order valence-corrected chi connectivity index (χ4v) is 2.29. The predicted octanol–water partition coefficient (Wildman–Crippen LogP) is 3.58. The van der Waals surface area contributed by atoms with Crippen LogP contribution in [0.2, 0.25) is 0 Å². The van der Waals surface area contributed by atoms with Crippen LogP contribution in [0, 0.1) is 4.64 Å². The molecule has 0 aliphatic heterocycles. The van der Waals surface area contributed by atoms with Crippen molar-refractivity contribution in [2.75, 3.05) is 5.32 Å². The second-order valence-corrected chi connectivity index (χ2v) is 5.54. The standard InChI is InChI=1S/C17H19N3O2S/c1-3-15(21)20-13-8-6-12(7-9-13)11(2)19-16(22)14-5-4-10-18-17(14)23/h4-11H,3H2,1-2H3,(H,18,23)(H,19,22)(H,20,21). The third-order valence-electron chi connectivity index (χ3n) is 3.43. The zero-order valence-corrected chi connectivity index (χ0v) is 13.9. The number of carbonyl (C=O) groups is 2. The van der Waals surface area contributed by atoms with Gasteiger partial charge in [0.05, 0.1) is 11.6 Å². The molecule has 0 saturated heterocycles. The van der Waals surface area contributed by atoms with Crippen LogP contribution >= 0.6 is 12.2 Å². The lowest BCUT2D eigenvalue weighted by Crippen LogP contribution is -2.27. The number of anilines is 1. The van der Waals surface area contributed by atoms with Gasteiger partial charge >= 0.3 is 0 Å². The number of H-pyrrole nitrogens is 1. The molecule has 2 aromatic rings. The number of carbonyl (C=O) groups excluding carboxylic acids is 2. The molecule has 0 radical (unpaired) electrons. The van der Waals surface area contributed by atoms with E-state index in [9.17, 15) is 9.59 Å². The summed E-state index contributed by atoms with van der Waals surface area (Å²) in [6.07, 6.45) is 2.12. The van der Waals surface area contributed by atoms with Gasteiger partial charge in [-0.15, -0.1) is 0 Å². The van der Waals surface area contributed by atoms with Gasteiger partial charge < -0.3 is 15.6 Å². The smallest absolute Gasteiger partial charge is 0.254 e. The van der Waals surface area contributed by atoms with Crippen molar-refractivity contribution < 1.29 is 9.59 Å². The van der Waals surface area contributed by atoms with Gasteiger partial charge in [-0.05, 0) is 36.8 Å². The van der Waals surface area contributed by atoms with E-state index >= 15 is 0 Å². The summed E-state index contributed by atoms with van der Waals surface area (Å²) in [6.45, 7) is 3.70. The molecule has 0 fully saturated rings. The SMILES string of the molecule is CCC(=O)Nc1ccc(C(C)NC(=O)c2ccc[nH]c2=S)cc1. The number of aromatic amines is 1. The molecule has 5 nitrogen and oxygen atoms in total. The molecular weight excluding hydrogens is 310 g/mol. The number of hydrogen-bond donors (Lipinski definition) is 3. The van der Waals surface area contributed by atoms with Gasteiger partial charge in [0.2, 0.25) is 5.91 Å². The highest BCUT2D eigenvalue weighted by molar-refractivity contribution is 7.71. The largest absolute Gasteiger partial charge is 0.352 e. The highest BCUT2D eigenvalue weighted by Crippen LogP contribution is 2.17. The summed E-state index contributed by atoms with van der Waals surface area (Å²) in [7, 11) is 0. The Balaban J connectivity index is 2.04. The lowest BCUT2D eigenvalue weighted by molar-refractivity contribution is -0.115. The number of nitrogens with one attached hydrogen (secondary N) is 3. The maximum Gasteiger partial charge on any atom is 0.254 e. The summed E-state index contributed by atoms with van der Waals surface area (Å²) in [4.78, 5) is 26.4. The first-order valence-electron chi connectivity index (χ1n) is 7.39. The summed E-state index contributed by atoms with van der Waals surface area (Å²) < 4.78 is 0.412. The Kier molecular flexibility index (Phi) is 5.65. The zero-order chi connectivity index (χ0) is 16.8. The van der Waals surface area contributed by atoms with E-state index in [1.165, 1.54) is 0 Å². The Morgan fingerprint density at radius 3 is 2.52 bits per heavy atom. The Labute approximate surface area is 140 Å². The van der Waals surface area contributed by atoms with Crippen LogP contribution in [0.3, 0.4) is 0 Å². The van der Waals surface area contributed by atoms with Gasteiger partial charge in [0.15, 0.2) is 0 Å². The number of aromatic nitrogens is 1. The minimum absolute atomic E-state index is 0.0302. The molecule has 1 unspecified atom stereocenters. The third kappa shape index (κ3) is 4.50. The lowest BCUT2D eigenvalue weighted by Gasteiger charge is -2.15. The number of amides is 2. The maximum atomic E-state index is 12.2. The van der Waals surface area contributed by atoms with Crippen molar-refractivity contribution in [3.05, 3.63) is 58.4 Å². The fourth-order valence-electron chi connectivity index (χ4n) is 2.06. The average Bonchev–Trinajstić information content (AvgIpc) is 2.55. The Morgan fingerprint density at radius 1 is 1.22 bits per heavy atom. The van der Waals surface area contributed by atoms with Gasteiger partial charge in [-0.3, -0.25) is 9.59 Å². The maximum absolute atomic E-state index is 12.2. The van der Waals surface area contributed by atoms with E-state index in [0.29, 0.717) is 16.6 Å². The molecule has 2 rings (SSSR count). The van der Waals surface area contributed by atoms with E-state index in [1.807, 2.05) is 31.2 Å². The van der Waals surface area contributed by atoms with Crippen molar-refractivity contribution in [3.8, 4) is 0 Å². The first-order chi connectivity index (χ1) is 11.0. The minimum Gasteiger partial charge on any atom is -0.352 e. The van der Waals surface area contributed by atoms with Crippen LogP contribution in [0.5, 0.6) is 0 Å². The third-order valence-corrected chi connectivity index (χ3v) is 3.76. The van der Waals surface area contributed by atoms with E-state index in [4.69, 9.17) is 12.2 Å². The highest BCUT2D eigenvalue weighted by Gasteiger charge is 2.12. The molecule has 1 aromatic carbocycles. The zero-order valence-electron chi connectivity index (χ0n) is 13.1. The summed E-state index contributed by atoms with van der Waals surface area (Å²) in [5.41, 5.74) is 2.13. The van der Waals surface area contributed by atoms with Gasteiger partial charge in [-0.2, -0.15) is 0 Å². The molecule has 0 aliphatic carbocycles. The number of hydrogen-bond acceptors (Lipinski definition) is 3. The van der Waals surface area contributed by atoms with E-state index in [2.05, 4.69) is 15.6 Å². The van der Waals surface area contributed by atoms with Gasteiger partial charge in [-0.25, -0.2) is 0 Å². The van der Waals surface area contributed by atoms with E-state index in [0.717, 1.165) is 11.3 Å². The molecule has 1 atom stereocenters. The van der Waals surface area contributed by atoms with Crippen molar-refractivity contribution in [3.63, 3.8) is 0 Å². The molecule has 120 valence electrons. The summed E-state index contributed by atoms with van der Waals surface area (Å²) in [5.74, 6) is -0.250. The van der Waals surface area contributed by atoms with Gasteiger partial charge in [-0.1, -0.05) is 31.3 Å². The van der Waals surface area contributed by atoms with Crippen molar-refractivity contribution in [1.82, 2.24) is 10.3 Å². The second kappa shape index (κ2) is 7.69. The predicted molar refractivity (Wildman–Crippen MR) is 92.9 cm³/mol. The molecule has 23 heavy (non-hydrogen) atoms. The molecule has 6 heteroatoms. The molecule has 1 heterocycles. The van der Waals surface area contributed by atoms with Crippen LogP contribution in [0.1, 0.15) is 42.2 Å². The summed E-state index contributed by atoms with van der Waals surface area (Å²) in [6, 6.07) is 10.6. The molecule has 0 aliphatic rings. The van der Waals surface area contributed by atoms with Crippen LogP contribution in [-0.4, -0.2) is 16.8 Å². The summed E-state index contributed by atoms with van der Waals surface area (Å²) >= 11 is 5.11. The highest BCUT2D eigenvalue weighted by atomic mass is 32.1. The normalized spacial score (nSPS) is 11.6. The van der Waals surface area contributed by atoms with E-state index in [1.54, 1.807) is 25.3 Å². The Bertz CT molecular complexity index is 753. The first-order valence-corrected chi connectivity index (χ1v) is 7.80. The number of benzene rings is 1. The first kappa shape index (κ1) is 16.9. The number of pyridine rings is 1. The topological polar surface area (TPSA) is 74.0 Å². The van der Waals surface area contributed by atoms with E-state index < -0.39 is 0 Å². The van der Waals surface area contributed by atoms with Crippen LogP contribution in [0.25, 0.3) is 0 Å². The van der Waals surface area contributed by atoms with Crippen molar-refractivity contribution in [2.45, 2.75) is 26.3 Å². The van der Waals surface area contributed by atoms with Crippen molar-refractivity contribution >= 4 is 29.7 Å². The van der Waals surface area contributed by atoms with Crippen molar-refractivity contribution in [1.29, 1.82) is 0 Å². The molecular formula is C17H19N3O2S. The van der Waals surface area contributed by atoms with Crippen LogP contribution < -0.4 is 10.6 Å². The van der Waals surface area contributed by atoms with Crippen LogP contribution in [0.4, 0.5) is 5.69 Å². The quantitative estimate of drug-likeness (QED) is 0.734.